The summed E-state index contributed by atoms with van der Waals surface area (Å²) in [5, 5.41) is 20.2. The summed E-state index contributed by atoms with van der Waals surface area (Å²) in [5.74, 6) is -1.99. The fourth-order valence-electron chi connectivity index (χ4n) is 3.85. The number of carbonyl (C=O) groups excluding carboxylic acids is 2. The van der Waals surface area contributed by atoms with Gasteiger partial charge in [-0.25, -0.2) is 9.59 Å². The molecule has 0 unspecified atom stereocenters. The van der Waals surface area contributed by atoms with Crippen LogP contribution in [-0.2, 0) is 19.1 Å². The lowest BCUT2D eigenvalue weighted by atomic mass is 9.84. The lowest BCUT2D eigenvalue weighted by Crippen LogP contribution is -2.50. The average molecular weight is 351 g/mol. The van der Waals surface area contributed by atoms with Crippen LogP contribution in [0, 0.1) is 5.92 Å². The largest absolute Gasteiger partial charge is 0.459 e. The van der Waals surface area contributed by atoms with E-state index in [1.165, 1.54) is 0 Å². The number of rotatable bonds is 1. The van der Waals surface area contributed by atoms with Crippen molar-refractivity contribution in [3.63, 3.8) is 0 Å². The Kier molecular flexibility index (Phi) is 4.99. The van der Waals surface area contributed by atoms with Gasteiger partial charge < -0.3 is 19.7 Å². The van der Waals surface area contributed by atoms with E-state index in [1.807, 2.05) is 6.08 Å². The van der Waals surface area contributed by atoms with Gasteiger partial charge in [-0.1, -0.05) is 19.1 Å². The van der Waals surface area contributed by atoms with Crippen molar-refractivity contribution in [2.24, 2.45) is 5.92 Å². The van der Waals surface area contributed by atoms with Gasteiger partial charge in [0.1, 0.15) is 12.7 Å². The SMILES string of the molecule is C/C=C1/C[C@@H](C)[C@@](O)(CO)C(=O)OCC2=CCN3CC[C@@H](OC1=O)[C@@H]23. The van der Waals surface area contributed by atoms with Crippen LogP contribution >= 0.6 is 0 Å². The van der Waals surface area contributed by atoms with Gasteiger partial charge in [0.15, 0.2) is 5.60 Å². The van der Waals surface area contributed by atoms with Crippen molar-refractivity contribution in [1.29, 1.82) is 0 Å². The van der Waals surface area contributed by atoms with Crippen molar-refractivity contribution in [3.05, 3.63) is 23.3 Å². The Morgan fingerprint density at radius 1 is 1.44 bits per heavy atom. The zero-order valence-corrected chi connectivity index (χ0v) is 14.6. The van der Waals surface area contributed by atoms with Crippen molar-refractivity contribution in [2.45, 2.75) is 44.4 Å². The van der Waals surface area contributed by atoms with Gasteiger partial charge in [0.05, 0.1) is 12.6 Å². The highest BCUT2D eigenvalue weighted by atomic mass is 16.6. The summed E-state index contributed by atoms with van der Waals surface area (Å²) in [6.45, 7) is 4.12. The number of allylic oxidation sites excluding steroid dienone is 1. The molecule has 3 aliphatic heterocycles. The molecule has 2 fully saturated rings. The van der Waals surface area contributed by atoms with Gasteiger partial charge in [0.2, 0.25) is 0 Å². The predicted molar refractivity (Wildman–Crippen MR) is 88.5 cm³/mol. The van der Waals surface area contributed by atoms with Gasteiger partial charge in [-0.15, -0.1) is 0 Å². The molecule has 0 aliphatic carbocycles. The third kappa shape index (κ3) is 3.12. The van der Waals surface area contributed by atoms with E-state index < -0.39 is 30.1 Å². The molecule has 138 valence electrons. The number of cyclic esters (lactones) is 1. The minimum atomic E-state index is -2.05. The Morgan fingerprint density at radius 3 is 2.88 bits per heavy atom. The normalized spacial score (nSPS) is 38.5. The summed E-state index contributed by atoms with van der Waals surface area (Å²) in [7, 11) is 0. The molecule has 7 heteroatoms. The second kappa shape index (κ2) is 6.90. The van der Waals surface area contributed by atoms with E-state index in [9.17, 15) is 19.8 Å². The molecule has 0 saturated carbocycles. The van der Waals surface area contributed by atoms with Crippen LogP contribution in [0.4, 0.5) is 0 Å². The van der Waals surface area contributed by atoms with Crippen LogP contribution in [0.1, 0.15) is 26.7 Å². The van der Waals surface area contributed by atoms with Crippen molar-refractivity contribution < 1.29 is 29.3 Å². The molecule has 0 aromatic rings. The highest BCUT2D eigenvalue weighted by Gasteiger charge is 2.46. The first kappa shape index (κ1) is 18.1. The third-order valence-corrected chi connectivity index (χ3v) is 5.59. The van der Waals surface area contributed by atoms with Crippen molar-refractivity contribution in [2.75, 3.05) is 26.3 Å². The van der Waals surface area contributed by atoms with E-state index in [2.05, 4.69) is 4.90 Å². The predicted octanol–water partition coefficient (Wildman–Crippen LogP) is 0.165. The van der Waals surface area contributed by atoms with Crippen LogP contribution in [0.25, 0.3) is 0 Å². The number of aliphatic hydroxyl groups excluding tert-OH is 1. The molecule has 7 nitrogen and oxygen atoms in total. The van der Waals surface area contributed by atoms with Crippen molar-refractivity contribution in [1.82, 2.24) is 4.90 Å². The average Bonchev–Trinajstić information content (AvgIpc) is 3.18. The molecular weight excluding hydrogens is 326 g/mol. The highest BCUT2D eigenvalue weighted by molar-refractivity contribution is 5.89. The van der Waals surface area contributed by atoms with Gasteiger partial charge >= 0.3 is 11.9 Å². The first-order valence-corrected chi connectivity index (χ1v) is 8.70. The number of aliphatic hydroxyl groups is 2. The molecule has 0 spiro atoms. The molecule has 0 radical (unpaired) electrons. The summed E-state index contributed by atoms with van der Waals surface area (Å²) >= 11 is 0. The maximum absolute atomic E-state index is 12.6. The molecule has 2 N–H and O–H groups in total. The smallest absolute Gasteiger partial charge is 0.341 e. The molecule has 0 aromatic carbocycles. The van der Waals surface area contributed by atoms with Crippen LogP contribution < -0.4 is 0 Å². The number of nitrogens with zero attached hydrogens (tertiary/aromatic N) is 1. The van der Waals surface area contributed by atoms with E-state index in [4.69, 9.17) is 9.47 Å². The van der Waals surface area contributed by atoms with Crippen LogP contribution in [0.5, 0.6) is 0 Å². The summed E-state index contributed by atoms with van der Waals surface area (Å²) in [4.78, 5) is 27.2. The summed E-state index contributed by atoms with van der Waals surface area (Å²) in [5.41, 5.74) is -0.796. The zero-order chi connectivity index (χ0) is 18.2. The fourth-order valence-corrected chi connectivity index (χ4v) is 3.85. The number of ether oxygens (including phenoxy) is 2. The number of hydrogen-bond acceptors (Lipinski definition) is 7. The molecule has 0 bridgehead atoms. The Bertz CT molecular complexity index is 627. The summed E-state index contributed by atoms with van der Waals surface area (Å²) in [6, 6.07) is -0.0890. The van der Waals surface area contributed by atoms with Gasteiger partial charge in [0.25, 0.3) is 0 Å². The Labute approximate surface area is 146 Å². The molecule has 3 rings (SSSR count). The van der Waals surface area contributed by atoms with Crippen LogP contribution in [0.2, 0.25) is 0 Å². The van der Waals surface area contributed by atoms with E-state index in [-0.39, 0.29) is 25.2 Å². The minimum absolute atomic E-state index is 0.0273. The van der Waals surface area contributed by atoms with E-state index in [0.29, 0.717) is 5.57 Å². The monoisotopic (exact) mass is 351 g/mol. The van der Waals surface area contributed by atoms with E-state index in [0.717, 1.165) is 25.1 Å². The van der Waals surface area contributed by atoms with Gasteiger partial charge in [0, 0.05) is 24.6 Å². The molecule has 3 aliphatic rings. The van der Waals surface area contributed by atoms with E-state index >= 15 is 0 Å². The molecule has 25 heavy (non-hydrogen) atoms. The van der Waals surface area contributed by atoms with Crippen LogP contribution in [0.15, 0.2) is 23.3 Å². The lowest BCUT2D eigenvalue weighted by Gasteiger charge is -2.32. The second-order valence-corrected chi connectivity index (χ2v) is 7.03. The standard InChI is InChI=1S/C18H25NO6/c1-3-12-8-11(2)18(23,10-20)17(22)24-9-13-4-6-19-7-5-14(15(13)19)25-16(12)21/h3-4,11,14-15,20,23H,5-10H2,1-2H3/b12-3-/t11-,14-,15-,18+/m1/s1. The number of esters is 2. The van der Waals surface area contributed by atoms with Crippen LogP contribution in [-0.4, -0.2) is 71.1 Å². The van der Waals surface area contributed by atoms with Crippen molar-refractivity contribution >= 4 is 11.9 Å². The summed E-state index contributed by atoms with van der Waals surface area (Å²) < 4.78 is 11.1. The molecule has 0 amide bonds. The van der Waals surface area contributed by atoms with Gasteiger partial charge in [-0.2, -0.15) is 0 Å². The fraction of sp³-hybridized carbons (Fsp3) is 0.667. The Hall–Kier alpha value is -1.70. The third-order valence-electron chi connectivity index (χ3n) is 5.59. The quantitative estimate of drug-likeness (QED) is 0.395. The van der Waals surface area contributed by atoms with Gasteiger partial charge in [-0.05, 0) is 25.3 Å². The van der Waals surface area contributed by atoms with Crippen molar-refractivity contribution in [3.8, 4) is 0 Å². The Morgan fingerprint density at radius 2 is 2.20 bits per heavy atom. The van der Waals surface area contributed by atoms with E-state index in [1.54, 1.807) is 19.9 Å². The summed E-state index contributed by atoms with van der Waals surface area (Å²) in [6.07, 6.45) is 4.20. The Balaban J connectivity index is 1.93. The topological polar surface area (TPSA) is 96.3 Å². The second-order valence-electron chi connectivity index (χ2n) is 7.03. The molecule has 0 aromatic heterocycles. The first-order chi connectivity index (χ1) is 11.9. The maximum Gasteiger partial charge on any atom is 0.341 e. The first-order valence-electron chi connectivity index (χ1n) is 8.70. The van der Waals surface area contributed by atoms with Crippen LogP contribution in [0.3, 0.4) is 0 Å². The highest BCUT2D eigenvalue weighted by Crippen LogP contribution is 2.34. The number of carbonyl (C=O) groups is 2. The zero-order valence-electron chi connectivity index (χ0n) is 14.6. The lowest BCUT2D eigenvalue weighted by molar-refractivity contribution is -0.176. The minimum Gasteiger partial charge on any atom is -0.459 e. The number of hydrogen-bond donors (Lipinski definition) is 2. The molecule has 4 atom stereocenters. The maximum atomic E-state index is 12.6. The molecular formula is C18H25NO6. The molecule has 2 saturated heterocycles. The van der Waals surface area contributed by atoms with Gasteiger partial charge in [-0.3, -0.25) is 4.90 Å². The molecule has 3 heterocycles.